The Morgan fingerprint density at radius 3 is 2.88 bits per heavy atom. The molecule has 0 bridgehead atoms. The quantitative estimate of drug-likeness (QED) is 0.848. The van der Waals surface area contributed by atoms with Crippen molar-refractivity contribution in [2.75, 3.05) is 19.6 Å². The lowest BCUT2D eigenvalue weighted by molar-refractivity contribution is 0.318. The summed E-state index contributed by atoms with van der Waals surface area (Å²) in [6.45, 7) is 3.05. The molecule has 5 nitrogen and oxygen atoms in total. The molecule has 2 N–H and O–H groups in total. The minimum atomic E-state index is 0.119. The second kappa shape index (κ2) is 6.22. The van der Waals surface area contributed by atoms with Gasteiger partial charge in [-0.15, -0.1) is 0 Å². The van der Waals surface area contributed by atoms with Gasteiger partial charge in [-0.3, -0.25) is 0 Å². The molecular formula is C20H26N4O. The maximum Gasteiger partial charge on any atom is 0.231 e. The van der Waals surface area contributed by atoms with Crippen molar-refractivity contribution >= 4 is 0 Å². The van der Waals surface area contributed by atoms with Gasteiger partial charge in [0, 0.05) is 30.5 Å². The van der Waals surface area contributed by atoms with E-state index in [-0.39, 0.29) is 5.41 Å². The Labute approximate surface area is 148 Å². The summed E-state index contributed by atoms with van der Waals surface area (Å²) in [6.07, 6.45) is 5.93. The average Bonchev–Trinajstić information content (AvgIpc) is 3.58. The molecule has 2 unspecified atom stereocenters. The van der Waals surface area contributed by atoms with Gasteiger partial charge in [0.1, 0.15) is 0 Å². The molecule has 132 valence electrons. The Kier molecular flexibility index (Phi) is 3.86. The van der Waals surface area contributed by atoms with Crippen molar-refractivity contribution in [2.24, 2.45) is 0 Å². The summed E-state index contributed by atoms with van der Waals surface area (Å²) in [5, 5.41) is 11.5. The number of aromatic nitrogens is 2. The first kappa shape index (κ1) is 15.5. The fourth-order valence-electron chi connectivity index (χ4n) is 4.13. The number of rotatable bonds is 6. The number of piperidine rings is 1. The third-order valence-electron chi connectivity index (χ3n) is 6.14. The van der Waals surface area contributed by atoms with Gasteiger partial charge in [0.25, 0.3) is 0 Å². The largest absolute Gasteiger partial charge is 0.339 e. The zero-order chi connectivity index (χ0) is 16.7. The molecule has 0 spiro atoms. The van der Waals surface area contributed by atoms with E-state index >= 15 is 0 Å². The van der Waals surface area contributed by atoms with E-state index in [2.05, 4.69) is 46.1 Å². The van der Waals surface area contributed by atoms with E-state index < -0.39 is 0 Å². The summed E-state index contributed by atoms with van der Waals surface area (Å²) in [5.74, 6) is 2.83. The number of hydrogen-bond acceptors (Lipinski definition) is 5. The van der Waals surface area contributed by atoms with E-state index in [1.165, 1.54) is 31.2 Å². The van der Waals surface area contributed by atoms with Crippen LogP contribution in [0.3, 0.4) is 0 Å². The fourth-order valence-corrected chi connectivity index (χ4v) is 4.13. The van der Waals surface area contributed by atoms with Crippen molar-refractivity contribution in [3.8, 4) is 0 Å². The average molecular weight is 338 g/mol. The van der Waals surface area contributed by atoms with Gasteiger partial charge in [0.2, 0.25) is 5.89 Å². The topological polar surface area (TPSA) is 63.0 Å². The van der Waals surface area contributed by atoms with Gasteiger partial charge in [-0.1, -0.05) is 35.5 Å². The van der Waals surface area contributed by atoms with Crippen LogP contribution in [0, 0.1) is 0 Å². The van der Waals surface area contributed by atoms with Crippen LogP contribution in [-0.4, -0.2) is 35.8 Å². The van der Waals surface area contributed by atoms with Gasteiger partial charge in [-0.2, -0.15) is 4.98 Å². The molecule has 0 radical (unpaired) electrons. The van der Waals surface area contributed by atoms with Crippen molar-refractivity contribution in [3.63, 3.8) is 0 Å². The standard InChI is InChI=1S/C20H26N4O/c1-2-5-14(6-3-1)16-11-17(16)22-13-20(8-9-20)19-23-18(25-24-19)15-7-4-10-21-12-15/h1-3,5-6,15-17,21-22H,4,7-13H2/t15?,16?,17-/m0/s1. The molecule has 2 aromatic rings. The Bertz CT molecular complexity index is 718. The first-order valence-electron chi connectivity index (χ1n) is 9.67. The molecule has 1 aromatic carbocycles. The van der Waals surface area contributed by atoms with Crippen LogP contribution in [-0.2, 0) is 5.41 Å². The second-order valence-corrected chi connectivity index (χ2v) is 8.02. The zero-order valence-corrected chi connectivity index (χ0v) is 14.6. The lowest BCUT2D eigenvalue weighted by Gasteiger charge is -2.18. The fraction of sp³-hybridized carbons (Fsp3) is 0.600. The molecule has 1 saturated heterocycles. The van der Waals surface area contributed by atoms with Crippen LogP contribution < -0.4 is 10.6 Å². The van der Waals surface area contributed by atoms with Crippen LogP contribution in [0.5, 0.6) is 0 Å². The molecular weight excluding hydrogens is 312 g/mol. The van der Waals surface area contributed by atoms with Crippen LogP contribution in [0.25, 0.3) is 0 Å². The number of nitrogens with zero attached hydrogens (tertiary/aromatic N) is 2. The van der Waals surface area contributed by atoms with Crippen molar-refractivity contribution < 1.29 is 4.52 Å². The first-order valence-corrected chi connectivity index (χ1v) is 9.67. The number of nitrogens with one attached hydrogen (secondary N) is 2. The van der Waals surface area contributed by atoms with Crippen molar-refractivity contribution in [1.82, 2.24) is 20.8 Å². The van der Waals surface area contributed by atoms with Crippen LogP contribution in [0.2, 0.25) is 0 Å². The maximum absolute atomic E-state index is 5.61. The summed E-state index contributed by atoms with van der Waals surface area (Å²) in [7, 11) is 0. The van der Waals surface area contributed by atoms with E-state index in [1.54, 1.807) is 0 Å². The van der Waals surface area contributed by atoms with Gasteiger partial charge in [-0.05, 0) is 44.2 Å². The maximum atomic E-state index is 5.61. The molecule has 1 aromatic heterocycles. The highest BCUT2D eigenvalue weighted by Gasteiger charge is 2.50. The molecule has 2 aliphatic carbocycles. The van der Waals surface area contributed by atoms with Gasteiger partial charge < -0.3 is 15.2 Å². The van der Waals surface area contributed by atoms with Crippen molar-refractivity contribution in [2.45, 2.75) is 55.4 Å². The van der Waals surface area contributed by atoms with Crippen molar-refractivity contribution in [1.29, 1.82) is 0 Å². The van der Waals surface area contributed by atoms with Crippen LogP contribution in [0.1, 0.15) is 61.2 Å². The lowest BCUT2D eigenvalue weighted by Crippen LogP contribution is -2.30. The van der Waals surface area contributed by atoms with Crippen LogP contribution in [0.4, 0.5) is 0 Å². The highest BCUT2D eigenvalue weighted by Crippen LogP contribution is 2.48. The third kappa shape index (κ3) is 3.11. The van der Waals surface area contributed by atoms with Crippen molar-refractivity contribution in [3.05, 3.63) is 47.6 Å². The van der Waals surface area contributed by atoms with Crippen LogP contribution in [0.15, 0.2) is 34.9 Å². The molecule has 3 fully saturated rings. The summed E-state index contributed by atoms with van der Waals surface area (Å²) >= 11 is 0. The molecule has 1 aliphatic heterocycles. The van der Waals surface area contributed by atoms with Crippen LogP contribution >= 0.6 is 0 Å². The SMILES string of the molecule is c1ccc(C2C[C@@H]2NCC2(c3noc(C4CCCNC4)n3)CC2)cc1. The molecule has 2 heterocycles. The first-order chi connectivity index (χ1) is 12.3. The van der Waals surface area contributed by atoms with E-state index in [0.717, 1.165) is 37.8 Å². The lowest BCUT2D eigenvalue weighted by atomic mass is 9.99. The van der Waals surface area contributed by atoms with E-state index in [1.807, 2.05) is 0 Å². The van der Waals surface area contributed by atoms with Gasteiger partial charge in [-0.25, -0.2) is 0 Å². The van der Waals surface area contributed by atoms with Gasteiger partial charge in [0.05, 0.1) is 5.92 Å². The summed E-state index contributed by atoms with van der Waals surface area (Å²) < 4.78 is 5.61. The monoisotopic (exact) mass is 338 g/mol. The summed E-state index contributed by atoms with van der Waals surface area (Å²) in [4.78, 5) is 4.79. The van der Waals surface area contributed by atoms with E-state index in [0.29, 0.717) is 17.9 Å². The highest BCUT2D eigenvalue weighted by atomic mass is 16.5. The smallest absolute Gasteiger partial charge is 0.231 e. The zero-order valence-electron chi connectivity index (χ0n) is 14.6. The predicted octanol–water partition coefficient (Wildman–Crippen LogP) is 2.71. The normalized spacial score (nSPS) is 30.2. The summed E-state index contributed by atoms with van der Waals surface area (Å²) in [5.41, 5.74) is 1.57. The molecule has 25 heavy (non-hydrogen) atoms. The Morgan fingerprint density at radius 1 is 1.24 bits per heavy atom. The highest BCUT2D eigenvalue weighted by molar-refractivity contribution is 5.28. The minimum Gasteiger partial charge on any atom is -0.339 e. The molecule has 0 amide bonds. The molecule has 3 atom stereocenters. The number of benzene rings is 1. The predicted molar refractivity (Wildman–Crippen MR) is 95.6 cm³/mol. The Morgan fingerprint density at radius 2 is 2.12 bits per heavy atom. The molecule has 5 heteroatoms. The minimum absolute atomic E-state index is 0.119. The third-order valence-corrected chi connectivity index (χ3v) is 6.14. The van der Waals surface area contributed by atoms with E-state index in [4.69, 9.17) is 9.51 Å². The second-order valence-electron chi connectivity index (χ2n) is 8.02. The van der Waals surface area contributed by atoms with Gasteiger partial charge >= 0.3 is 0 Å². The Hall–Kier alpha value is -1.72. The molecule has 5 rings (SSSR count). The molecule has 2 saturated carbocycles. The van der Waals surface area contributed by atoms with Gasteiger partial charge in [0.15, 0.2) is 5.82 Å². The Balaban J connectivity index is 1.20. The number of hydrogen-bond donors (Lipinski definition) is 2. The van der Waals surface area contributed by atoms with E-state index in [9.17, 15) is 0 Å². The molecule has 3 aliphatic rings. The summed E-state index contributed by atoms with van der Waals surface area (Å²) in [6, 6.07) is 11.4.